The van der Waals surface area contributed by atoms with E-state index in [1.54, 1.807) is 0 Å². The summed E-state index contributed by atoms with van der Waals surface area (Å²) in [6.07, 6.45) is 5.70. The number of piperidine rings is 1. The first-order valence-corrected chi connectivity index (χ1v) is 10.1. The largest absolute Gasteiger partial charge is 0.352 e. The third-order valence-electron chi connectivity index (χ3n) is 5.38. The Balaban J connectivity index is 1.40. The minimum atomic E-state index is 0.0490. The Labute approximate surface area is 160 Å². The van der Waals surface area contributed by atoms with Gasteiger partial charge in [0.1, 0.15) is 0 Å². The maximum absolute atomic E-state index is 12.5. The van der Waals surface area contributed by atoms with Crippen LogP contribution in [0.2, 0.25) is 5.02 Å². The topological polar surface area (TPSA) is 52.7 Å². The van der Waals surface area contributed by atoms with Crippen LogP contribution in [0.3, 0.4) is 0 Å². The second-order valence-electron chi connectivity index (χ2n) is 7.34. The lowest BCUT2D eigenvalue weighted by atomic mass is 9.93. The van der Waals surface area contributed by atoms with Crippen LogP contribution in [0.4, 0.5) is 4.79 Å². The summed E-state index contributed by atoms with van der Waals surface area (Å²) in [5, 5.41) is 3.62. The van der Waals surface area contributed by atoms with Crippen molar-refractivity contribution in [1.82, 2.24) is 15.1 Å². The van der Waals surface area contributed by atoms with Crippen LogP contribution < -0.4 is 5.32 Å². The van der Waals surface area contributed by atoms with E-state index >= 15 is 0 Å². The molecule has 2 heterocycles. The van der Waals surface area contributed by atoms with Gasteiger partial charge in [-0.1, -0.05) is 29.8 Å². The summed E-state index contributed by atoms with van der Waals surface area (Å²) in [4.78, 5) is 28.6. The number of halogens is 1. The Bertz CT molecular complexity index is 631. The lowest BCUT2D eigenvalue weighted by Gasteiger charge is -2.35. The fraction of sp³-hybridized carbons (Fsp3) is 0.600. The molecule has 0 bridgehead atoms. The minimum absolute atomic E-state index is 0.0490. The standard InChI is InChI=1S/C20H28ClN3O2/c21-18-8-2-1-7-17(18)14-22-19(25)10-9-16-6-5-13-24(15-16)20(26)23-11-3-4-12-23/h1-2,7-8,16H,3-6,9-15H2,(H,22,25)/t16-/m0/s1. The van der Waals surface area contributed by atoms with E-state index in [0.29, 0.717) is 23.9 Å². The number of hydrogen-bond donors (Lipinski definition) is 1. The van der Waals surface area contributed by atoms with Crippen LogP contribution in [0.15, 0.2) is 24.3 Å². The van der Waals surface area contributed by atoms with Gasteiger partial charge < -0.3 is 15.1 Å². The van der Waals surface area contributed by atoms with Crippen molar-refractivity contribution in [2.75, 3.05) is 26.2 Å². The average Bonchev–Trinajstić information content (AvgIpc) is 3.20. The maximum atomic E-state index is 12.5. The quantitative estimate of drug-likeness (QED) is 0.851. The highest BCUT2D eigenvalue weighted by molar-refractivity contribution is 6.31. The Kier molecular flexibility index (Phi) is 6.78. The molecule has 0 unspecified atom stereocenters. The highest BCUT2D eigenvalue weighted by Gasteiger charge is 2.28. The van der Waals surface area contributed by atoms with Crippen molar-refractivity contribution in [2.24, 2.45) is 5.92 Å². The number of carbonyl (C=O) groups is 2. The van der Waals surface area contributed by atoms with Gasteiger partial charge >= 0.3 is 6.03 Å². The molecule has 0 radical (unpaired) electrons. The molecular weight excluding hydrogens is 350 g/mol. The van der Waals surface area contributed by atoms with Gasteiger partial charge in [-0.2, -0.15) is 0 Å². The van der Waals surface area contributed by atoms with Gasteiger partial charge in [0.25, 0.3) is 0 Å². The molecule has 2 fully saturated rings. The third-order valence-corrected chi connectivity index (χ3v) is 5.75. The van der Waals surface area contributed by atoms with Crippen molar-refractivity contribution in [3.63, 3.8) is 0 Å². The molecular formula is C20H28ClN3O2. The van der Waals surface area contributed by atoms with E-state index in [-0.39, 0.29) is 11.9 Å². The van der Waals surface area contributed by atoms with Crippen LogP contribution in [-0.2, 0) is 11.3 Å². The molecule has 5 nitrogen and oxygen atoms in total. The highest BCUT2D eigenvalue weighted by atomic mass is 35.5. The Morgan fingerprint density at radius 2 is 1.81 bits per heavy atom. The number of benzene rings is 1. The van der Waals surface area contributed by atoms with E-state index < -0.39 is 0 Å². The maximum Gasteiger partial charge on any atom is 0.320 e. The monoisotopic (exact) mass is 377 g/mol. The first kappa shape index (κ1) is 19.0. The van der Waals surface area contributed by atoms with Gasteiger partial charge in [0.2, 0.25) is 5.91 Å². The zero-order valence-electron chi connectivity index (χ0n) is 15.3. The number of likely N-dealkylation sites (tertiary alicyclic amines) is 2. The molecule has 3 amide bonds. The predicted octanol–water partition coefficient (Wildman–Crippen LogP) is 3.66. The fourth-order valence-corrected chi connectivity index (χ4v) is 4.04. The van der Waals surface area contributed by atoms with Gasteiger partial charge in [0.05, 0.1) is 0 Å². The van der Waals surface area contributed by atoms with Crippen molar-refractivity contribution in [3.05, 3.63) is 34.9 Å². The summed E-state index contributed by atoms with van der Waals surface area (Å²) < 4.78 is 0. The van der Waals surface area contributed by atoms with Crippen LogP contribution in [0.25, 0.3) is 0 Å². The zero-order chi connectivity index (χ0) is 18.4. The van der Waals surface area contributed by atoms with E-state index in [0.717, 1.165) is 63.8 Å². The molecule has 1 N–H and O–H groups in total. The van der Waals surface area contributed by atoms with Gasteiger partial charge in [-0.3, -0.25) is 4.79 Å². The van der Waals surface area contributed by atoms with Crippen LogP contribution in [0.5, 0.6) is 0 Å². The molecule has 0 saturated carbocycles. The lowest BCUT2D eigenvalue weighted by molar-refractivity contribution is -0.121. The molecule has 1 aromatic rings. The van der Waals surface area contributed by atoms with Crippen molar-refractivity contribution >= 4 is 23.5 Å². The van der Waals surface area contributed by atoms with E-state index in [4.69, 9.17) is 11.6 Å². The molecule has 2 aliphatic rings. The first-order chi connectivity index (χ1) is 12.6. The number of amides is 3. The lowest BCUT2D eigenvalue weighted by Crippen LogP contribution is -2.46. The van der Waals surface area contributed by atoms with E-state index in [9.17, 15) is 9.59 Å². The van der Waals surface area contributed by atoms with Crippen LogP contribution >= 0.6 is 11.6 Å². The fourth-order valence-electron chi connectivity index (χ4n) is 3.84. The summed E-state index contributed by atoms with van der Waals surface area (Å²) in [6, 6.07) is 7.74. The summed E-state index contributed by atoms with van der Waals surface area (Å²) in [5.41, 5.74) is 0.933. The second kappa shape index (κ2) is 9.26. The molecule has 1 aromatic carbocycles. The summed E-state index contributed by atoms with van der Waals surface area (Å²) in [6.45, 7) is 3.88. The average molecular weight is 378 g/mol. The van der Waals surface area contributed by atoms with E-state index in [1.807, 2.05) is 34.1 Å². The summed E-state index contributed by atoms with van der Waals surface area (Å²) in [5.74, 6) is 0.467. The molecule has 0 aliphatic carbocycles. The molecule has 2 saturated heterocycles. The van der Waals surface area contributed by atoms with Crippen LogP contribution in [0.1, 0.15) is 44.1 Å². The normalized spacial score (nSPS) is 20.3. The van der Waals surface area contributed by atoms with E-state index in [1.165, 1.54) is 0 Å². The first-order valence-electron chi connectivity index (χ1n) is 9.67. The van der Waals surface area contributed by atoms with Gasteiger partial charge in [-0.25, -0.2) is 4.79 Å². The van der Waals surface area contributed by atoms with E-state index in [2.05, 4.69) is 5.32 Å². The molecule has 3 rings (SSSR count). The smallest absolute Gasteiger partial charge is 0.320 e. The number of carbonyl (C=O) groups excluding carboxylic acids is 2. The van der Waals surface area contributed by atoms with Crippen LogP contribution in [-0.4, -0.2) is 47.9 Å². The minimum Gasteiger partial charge on any atom is -0.352 e. The van der Waals surface area contributed by atoms with Crippen molar-refractivity contribution in [1.29, 1.82) is 0 Å². The van der Waals surface area contributed by atoms with Crippen molar-refractivity contribution in [3.8, 4) is 0 Å². The molecule has 1 atom stereocenters. The van der Waals surface area contributed by atoms with Gasteiger partial charge in [-0.15, -0.1) is 0 Å². The van der Waals surface area contributed by atoms with Crippen molar-refractivity contribution in [2.45, 2.75) is 45.1 Å². The highest BCUT2D eigenvalue weighted by Crippen LogP contribution is 2.23. The molecule has 26 heavy (non-hydrogen) atoms. The Morgan fingerprint density at radius 1 is 1.08 bits per heavy atom. The second-order valence-corrected chi connectivity index (χ2v) is 7.75. The number of rotatable bonds is 5. The molecule has 142 valence electrons. The SMILES string of the molecule is O=C(CC[C@@H]1CCCN(C(=O)N2CCCC2)C1)NCc1ccccc1Cl. The Hall–Kier alpha value is -1.75. The van der Waals surface area contributed by atoms with Gasteiger partial charge in [0, 0.05) is 44.2 Å². The van der Waals surface area contributed by atoms with Gasteiger partial charge in [-0.05, 0) is 49.7 Å². The molecule has 0 aromatic heterocycles. The number of urea groups is 1. The van der Waals surface area contributed by atoms with Crippen LogP contribution in [0, 0.1) is 5.92 Å². The summed E-state index contributed by atoms with van der Waals surface area (Å²) >= 11 is 6.11. The molecule has 6 heteroatoms. The molecule has 0 spiro atoms. The zero-order valence-corrected chi connectivity index (χ0v) is 16.0. The Morgan fingerprint density at radius 3 is 2.58 bits per heavy atom. The van der Waals surface area contributed by atoms with Crippen molar-refractivity contribution < 1.29 is 9.59 Å². The molecule has 2 aliphatic heterocycles. The number of hydrogen-bond acceptors (Lipinski definition) is 2. The number of nitrogens with one attached hydrogen (secondary N) is 1. The summed E-state index contributed by atoms with van der Waals surface area (Å²) in [7, 11) is 0. The predicted molar refractivity (Wildman–Crippen MR) is 103 cm³/mol. The van der Waals surface area contributed by atoms with Gasteiger partial charge in [0.15, 0.2) is 0 Å². The third kappa shape index (κ3) is 5.13. The number of nitrogens with zero attached hydrogens (tertiary/aromatic N) is 2.